The zero-order valence-electron chi connectivity index (χ0n) is 9.22. The molecule has 0 aromatic heterocycles. The van der Waals surface area contributed by atoms with E-state index >= 15 is 0 Å². The van der Waals surface area contributed by atoms with Crippen molar-refractivity contribution in [3.05, 3.63) is 35.9 Å². The SMILES string of the molecule is O=S(=O)(Cc1ccccc1)C1CCCNC1. The lowest BCUT2D eigenvalue weighted by molar-refractivity contribution is 0.496. The van der Waals surface area contributed by atoms with Crippen molar-refractivity contribution in [1.82, 2.24) is 5.32 Å². The van der Waals surface area contributed by atoms with Gasteiger partial charge in [0, 0.05) is 6.54 Å². The molecule has 3 nitrogen and oxygen atoms in total. The first-order valence-corrected chi connectivity index (χ1v) is 7.36. The molecule has 1 aliphatic rings. The van der Waals surface area contributed by atoms with Crippen molar-refractivity contribution >= 4 is 9.84 Å². The van der Waals surface area contributed by atoms with Crippen molar-refractivity contribution in [3.63, 3.8) is 0 Å². The van der Waals surface area contributed by atoms with Crippen LogP contribution in [-0.2, 0) is 15.6 Å². The molecule has 0 saturated carbocycles. The highest BCUT2D eigenvalue weighted by Crippen LogP contribution is 2.16. The van der Waals surface area contributed by atoms with Crippen LogP contribution in [0.25, 0.3) is 0 Å². The van der Waals surface area contributed by atoms with Crippen LogP contribution in [0, 0.1) is 0 Å². The number of sulfone groups is 1. The lowest BCUT2D eigenvalue weighted by Gasteiger charge is -2.22. The van der Waals surface area contributed by atoms with Crippen molar-refractivity contribution in [2.24, 2.45) is 0 Å². The van der Waals surface area contributed by atoms with Gasteiger partial charge in [-0.05, 0) is 24.9 Å². The van der Waals surface area contributed by atoms with E-state index in [2.05, 4.69) is 5.32 Å². The second-order valence-electron chi connectivity index (χ2n) is 4.26. The van der Waals surface area contributed by atoms with Crippen molar-refractivity contribution in [2.45, 2.75) is 23.8 Å². The Bertz CT molecular complexity index is 422. The Labute approximate surface area is 96.8 Å². The summed E-state index contributed by atoms with van der Waals surface area (Å²) in [5, 5.41) is 2.94. The monoisotopic (exact) mass is 239 g/mol. The van der Waals surface area contributed by atoms with E-state index in [1.54, 1.807) is 0 Å². The van der Waals surface area contributed by atoms with E-state index in [1.165, 1.54) is 0 Å². The molecule has 0 spiro atoms. The molecule has 1 aromatic rings. The van der Waals surface area contributed by atoms with E-state index < -0.39 is 9.84 Å². The van der Waals surface area contributed by atoms with E-state index in [0.717, 1.165) is 24.9 Å². The largest absolute Gasteiger partial charge is 0.315 e. The molecule has 1 aromatic carbocycles. The molecule has 1 saturated heterocycles. The van der Waals surface area contributed by atoms with Gasteiger partial charge in [0.1, 0.15) is 0 Å². The summed E-state index contributed by atoms with van der Waals surface area (Å²) in [5.74, 6) is 0.167. The summed E-state index contributed by atoms with van der Waals surface area (Å²) >= 11 is 0. The summed E-state index contributed by atoms with van der Waals surface area (Å²) in [5.41, 5.74) is 0.882. The van der Waals surface area contributed by atoms with Crippen LogP contribution < -0.4 is 5.32 Å². The average Bonchev–Trinajstić information content (AvgIpc) is 2.31. The molecule has 1 unspecified atom stereocenters. The van der Waals surface area contributed by atoms with E-state index in [4.69, 9.17) is 0 Å². The molecule has 88 valence electrons. The van der Waals surface area contributed by atoms with Crippen LogP contribution in [0.15, 0.2) is 30.3 Å². The first kappa shape index (κ1) is 11.6. The second-order valence-corrected chi connectivity index (χ2v) is 6.54. The Hall–Kier alpha value is -0.870. The summed E-state index contributed by atoms with van der Waals surface area (Å²) < 4.78 is 24.2. The minimum atomic E-state index is -3.00. The van der Waals surface area contributed by atoms with Crippen LogP contribution in [0.4, 0.5) is 0 Å². The van der Waals surface area contributed by atoms with Gasteiger partial charge in [0.25, 0.3) is 0 Å². The molecule has 0 bridgehead atoms. The predicted octanol–water partition coefficient (Wildman–Crippen LogP) is 1.35. The van der Waals surface area contributed by atoms with E-state index in [1.807, 2.05) is 30.3 Å². The van der Waals surface area contributed by atoms with Gasteiger partial charge in [-0.15, -0.1) is 0 Å². The fourth-order valence-corrected chi connectivity index (χ4v) is 3.84. The molecule has 0 amide bonds. The van der Waals surface area contributed by atoms with Crippen LogP contribution in [0.3, 0.4) is 0 Å². The van der Waals surface area contributed by atoms with Gasteiger partial charge in [-0.25, -0.2) is 8.42 Å². The minimum absolute atomic E-state index is 0.167. The second kappa shape index (κ2) is 4.97. The molecule has 1 heterocycles. The number of benzene rings is 1. The molecule has 1 N–H and O–H groups in total. The van der Waals surface area contributed by atoms with Gasteiger partial charge in [-0.1, -0.05) is 30.3 Å². The number of nitrogens with one attached hydrogen (secondary N) is 1. The van der Waals surface area contributed by atoms with Gasteiger partial charge < -0.3 is 5.32 Å². The van der Waals surface area contributed by atoms with Gasteiger partial charge in [0.2, 0.25) is 0 Å². The van der Waals surface area contributed by atoms with Crippen LogP contribution >= 0.6 is 0 Å². The third kappa shape index (κ3) is 2.83. The van der Waals surface area contributed by atoms with E-state index in [0.29, 0.717) is 6.54 Å². The Morgan fingerprint density at radius 2 is 2.00 bits per heavy atom. The minimum Gasteiger partial charge on any atom is -0.315 e. The van der Waals surface area contributed by atoms with Crippen LogP contribution in [-0.4, -0.2) is 26.8 Å². The van der Waals surface area contributed by atoms with Crippen molar-refractivity contribution < 1.29 is 8.42 Å². The molecule has 1 fully saturated rings. The third-order valence-corrected chi connectivity index (χ3v) is 5.12. The number of hydrogen-bond donors (Lipinski definition) is 1. The number of rotatable bonds is 3. The topological polar surface area (TPSA) is 46.2 Å². The van der Waals surface area contributed by atoms with Gasteiger partial charge >= 0.3 is 0 Å². The molecule has 16 heavy (non-hydrogen) atoms. The van der Waals surface area contributed by atoms with Crippen molar-refractivity contribution in [2.75, 3.05) is 13.1 Å². The first-order chi connectivity index (χ1) is 7.68. The normalized spacial score (nSPS) is 21.9. The highest BCUT2D eigenvalue weighted by molar-refractivity contribution is 7.91. The van der Waals surface area contributed by atoms with Gasteiger partial charge in [0.15, 0.2) is 9.84 Å². The molecular weight excluding hydrogens is 222 g/mol. The lowest BCUT2D eigenvalue weighted by Crippen LogP contribution is -2.39. The summed E-state index contributed by atoms with van der Waals surface area (Å²) in [7, 11) is -3.00. The fraction of sp³-hybridized carbons (Fsp3) is 0.500. The van der Waals surface area contributed by atoms with Crippen LogP contribution in [0.1, 0.15) is 18.4 Å². The number of hydrogen-bond acceptors (Lipinski definition) is 3. The van der Waals surface area contributed by atoms with Gasteiger partial charge in [-0.3, -0.25) is 0 Å². The van der Waals surface area contributed by atoms with Crippen molar-refractivity contribution in [1.29, 1.82) is 0 Å². The smallest absolute Gasteiger partial charge is 0.158 e. The molecule has 2 rings (SSSR count). The summed E-state index contributed by atoms with van der Waals surface area (Å²) in [4.78, 5) is 0. The number of piperidine rings is 1. The Kier molecular flexibility index (Phi) is 3.61. The maximum atomic E-state index is 12.1. The maximum absolute atomic E-state index is 12.1. The standard InChI is InChI=1S/C12H17NO2S/c14-16(15,12-7-4-8-13-9-12)10-11-5-2-1-3-6-11/h1-3,5-6,12-13H,4,7-10H2. The lowest BCUT2D eigenvalue weighted by atomic mass is 10.2. The molecular formula is C12H17NO2S. The first-order valence-electron chi connectivity index (χ1n) is 5.65. The van der Waals surface area contributed by atoms with Gasteiger partial charge in [0.05, 0.1) is 11.0 Å². The Morgan fingerprint density at radius 1 is 1.25 bits per heavy atom. The maximum Gasteiger partial charge on any atom is 0.158 e. The fourth-order valence-electron chi connectivity index (χ4n) is 2.05. The van der Waals surface area contributed by atoms with Crippen LogP contribution in [0.5, 0.6) is 0 Å². The Morgan fingerprint density at radius 3 is 2.62 bits per heavy atom. The molecule has 1 atom stereocenters. The zero-order valence-corrected chi connectivity index (χ0v) is 10.0. The van der Waals surface area contributed by atoms with Gasteiger partial charge in [-0.2, -0.15) is 0 Å². The summed E-state index contributed by atoms with van der Waals surface area (Å²) in [6, 6.07) is 9.40. The molecule has 0 aliphatic carbocycles. The highest BCUT2D eigenvalue weighted by atomic mass is 32.2. The quantitative estimate of drug-likeness (QED) is 0.866. The highest BCUT2D eigenvalue weighted by Gasteiger charge is 2.26. The summed E-state index contributed by atoms with van der Waals surface area (Å²) in [6.07, 6.45) is 1.75. The molecule has 1 aliphatic heterocycles. The predicted molar refractivity (Wildman–Crippen MR) is 65.0 cm³/mol. The molecule has 4 heteroatoms. The van der Waals surface area contributed by atoms with E-state index in [-0.39, 0.29) is 11.0 Å². The Balaban J connectivity index is 2.08. The third-order valence-electron chi connectivity index (χ3n) is 2.97. The van der Waals surface area contributed by atoms with Crippen molar-refractivity contribution in [3.8, 4) is 0 Å². The van der Waals surface area contributed by atoms with E-state index in [9.17, 15) is 8.42 Å². The summed E-state index contributed by atoms with van der Waals surface area (Å²) in [6.45, 7) is 1.55. The molecule has 0 radical (unpaired) electrons. The average molecular weight is 239 g/mol. The van der Waals surface area contributed by atoms with Crippen LogP contribution in [0.2, 0.25) is 0 Å². The zero-order chi connectivity index (χ0) is 11.4.